The molecule has 0 spiro atoms. The van der Waals surface area contributed by atoms with Gasteiger partial charge in [-0.3, -0.25) is 0 Å². The minimum atomic E-state index is 0.458. The summed E-state index contributed by atoms with van der Waals surface area (Å²) in [4.78, 5) is 4.93. The second-order valence-corrected chi connectivity index (χ2v) is 7.84. The van der Waals surface area contributed by atoms with Gasteiger partial charge >= 0.3 is 0 Å². The summed E-state index contributed by atoms with van der Waals surface area (Å²) >= 11 is 12.5. The molecule has 0 amide bonds. The summed E-state index contributed by atoms with van der Waals surface area (Å²) < 4.78 is 2.09. The number of aryl methyl sites for hydroxylation is 1. The van der Waals surface area contributed by atoms with Gasteiger partial charge in [0.15, 0.2) is 5.82 Å². The van der Waals surface area contributed by atoms with Gasteiger partial charge in [-0.25, -0.2) is 4.98 Å². The van der Waals surface area contributed by atoms with E-state index in [4.69, 9.17) is 28.2 Å². The molecule has 3 aromatic carbocycles. The normalized spacial score (nSPS) is 11.2. The maximum atomic E-state index is 6.42. The quantitative estimate of drug-likeness (QED) is 0.320. The topological polar surface area (TPSA) is 43.6 Å². The molecule has 4 nitrogen and oxygen atoms in total. The molecule has 0 radical (unpaired) electrons. The summed E-state index contributed by atoms with van der Waals surface area (Å²) in [5.74, 6) is 0.458. The molecule has 0 fully saturated rings. The SMILES string of the molecule is Cn1cc(-c2nc(-c3ccc(Cl)cc3Cl)nnc2-c2ccccc2)c2ccccc21. The molecule has 6 heteroatoms. The third kappa shape index (κ3) is 3.24. The molecule has 146 valence electrons. The number of fused-ring (bicyclic) bond motifs is 1. The number of para-hydroxylation sites is 1. The molecule has 0 unspecified atom stereocenters. The van der Waals surface area contributed by atoms with Crippen LogP contribution in [-0.4, -0.2) is 19.7 Å². The number of hydrogen-bond acceptors (Lipinski definition) is 3. The van der Waals surface area contributed by atoms with Crippen molar-refractivity contribution in [3.05, 3.63) is 89.0 Å². The van der Waals surface area contributed by atoms with Crippen LogP contribution >= 0.6 is 23.2 Å². The average molecular weight is 431 g/mol. The highest BCUT2D eigenvalue weighted by atomic mass is 35.5. The number of halogens is 2. The highest BCUT2D eigenvalue weighted by Crippen LogP contribution is 2.36. The molecular weight excluding hydrogens is 415 g/mol. The fraction of sp³-hybridized carbons (Fsp3) is 0.0417. The zero-order chi connectivity index (χ0) is 20.7. The number of benzene rings is 3. The lowest BCUT2D eigenvalue weighted by molar-refractivity contribution is 0.964. The first-order chi connectivity index (χ1) is 14.6. The smallest absolute Gasteiger partial charge is 0.183 e. The largest absolute Gasteiger partial charge is 0.350 e. The van der Waals surface area contributed by atoms with Gasteiger partial charge in [0, 0.05) is 45.9 Å². The first-order valence-electron chi connectivity index (χ1n) is 9.42. The van der Waals surface area contributed by atoms with Gasteiger partial charge in [0.05, 0.1) is 5.02 Å². The number of hydrogen-bond donors (Lipinski definition) is 0. The molecule has 30 heavy (non-hydrogen) atoms. The third-order valence-electron chi connectivity index (χ3n) is 5.06. The summed E-state index contributed by atoms with van der Waals surface area (Å²) in [5.41, 5.74) is 5.24. The van der Waals surface area contributed by atoms with E-state index in [0.717, 1.165) is 33.4 Å². The van der Waals surface area contributed by atoms with Gasteiger partial charge in [-0.2, -0.15) is 0 Å². The maximum Gasteiger partial charge on any atom is 0.183 e. The lowest BCUT2D eigenvalue weighted by atomic mass is 10.0. The van der Waals surface area contributed by atoms with Gasteiger partial charge in [-0.05, 0) is 24.3 Å². The van der Waals surface area contributed by atoms with E-state index in [0.29, 0.717) is 21.4 Å². The highest BCUT2D eigenvalue weighted by Gasteiger charge is 2.19. The second-order valence-electron chi connectivity index (χ2n) is 6.99. The average Bonchev–Trinajstić information content (AvgIpc) is 3.11. The van der Waals surface area contributed by atoms with Crippen molar-refractivity contribution in [1.82, 2.24) is 19.7 Å². The summed E-state index contributed by atoms with van der Waals surface area (Å²) in [6, 6.07) is 23.5. The van der Waals surface area contributed by atoms with E-state index in [2.05, 4.69) is 33.1 Å². The Morgan fingerprint density at radius 2 is 1.53 bits per heavy atom. The molecule has 0 aliphatic rings. The molecule has 0 atom stereocenters. The van der Waals surface area contributed by atoms with E-state index in [1.807, 2.05) is 55.6 Å². The van der Waals surface area contributed by atoms with E-state index >= 15 is 0 Å². The van der Waals surface area contributed by atoms with Gasteiger partial charge in [-0.1, -0.05) is 71.7 Å². The van der Waals surface area contributed by atoms with Crippen LogP contribution in [0.5, 0.6) is 0 Å². The molecule has 5 aromatic rings. The van der Waals surface area contributed by atoms with Gasteiger partial charge in [0.25, 0.3) is 0 Å². The van der Waals surface area contributed by atoms with Crippen LogP contribution in [-0.2, 0) is 7.05 Å². The Hall–Kier alpha value is -3.21. The Balaban J connectivity index is 1.80. The zero-order valence-electron chi connectivity index (χ0n) is 16.1. The summed E-state index contributed by atoms with van der Waals surface area (Å²) in [6.07, 6.45) is 2.08. The third-order valence-corrected chi connectivity index (χ3v) is 5.61. The summed E-state index contributed by atoms with van der Waals surface area (Å²) in [7, 11) is 2.03. The first-order valence-corrected chi connectivity index (χ1v) is 10.2. The fourth-order valence-corrected chi connectivity index (χ4v) is 4.11. The van der Waals surface area contributed by atoms with Crippen molar-refractivity contribution in [2.45, 2.75) is 0 Å². The molecular formula is C24H16Cl2N4. The molecule has 5 rings (SSSR count). The Morgan fingerprint density at radius 3 is 2.33 bits per heavy atom. The van der Waals surface area contributed by atoms with Crippen molar-refractivity contribution < 1.29 is 0 Å². The Kier molecular flexibility index (Phi) is 4.74. The summed E-state index contributed by atoms with van der Waals surface area (Å²) in [6.45, 7) is 0. The number of rotatable bonds is 3. The fourth-order valence-electron chi connectivity index (χ4n) is 3.62. The Bertz CT molecular complexity index is 1380. The monoisotopic (exact) mass is 430 g/mol. The van der Waals surface area contributed by atoms with Crippen LogP contribution in [0.4, 0.5) is 0 Å². The van der Waals surface area contributed by atoms with E-state index in [9.17, 15) is 0 Å². The molecule has 0 aliphatic carbocycles. The van der Waals surface area contributed by atoms with Crippen LogP contribution in [0, 0.1) is 0 Å². The van der Waals surface area contributed by atoms with Crippen LogP contribution in [0.15, 0.2) is 79.0 Å². The predicted molar refractivity (Wildman–Crippen MR) is 123 cm³/mol. The van der Waals surface area contributed by atoms with Gasteiger partial charge in [0.2, 0.25) is 0 Å². The van der Waals surface area contributed by atoms with Crippen molar-refractivity contribution >= 4 is 34.1 Å². The minimum absolute atomic E-state index is 0.458. The van der Waals surface area contributed by atoms with Gasteiger partial charge < -0.3 is 4.57 Å². The lowest BCUT2D eigenvalue weighted by Gasteiger charge is -2.10. The standard InChI is InChI=1S/C24H16Cl2N4/c1-30-14-19(17-9-5-6-10-21(17)30)23-22(15-7-3-2-4-8-15)28-29-24(27-23)18-12-11-16(25)13-20(18)26/h2-14H,1H3. The first kappa shape index (κ1) is 18.8. The van der Waals surface area contributed by atoms with Crippen molar-refractivity contribution in [2.75, 3.05) is 0 Å². The molecule has 2 aromatic heterocycles. The van der Waals surface area contributed by atoms with E-state index < -0.39 is 0 Å². The van der Waals surface area contributed by atoms with Crippen LogP contribution in [0.25, 0.3) is 44.8 Å². The molecule has 0 saturated carbocycles. The molecule has 0 bridgehead atoms. The maximum absolute atomic E-state index is 6.42. The number of aromatic nitrogens is 4. The van der Waals surface area contributed by atoms with Crippen LogP contribution in [0.2, 0.25) is 10.0 Å². The second kappa shape index (κ2) is 7.56. The predicted octanol–water partition coefficient (Wildman–Crippen LogP) is 6.67. The van der Waals surface area contributed by atoms with Crippen molar-refractivity contribution in [3.8, 4) is 33.9 Å². The highest BCUT2D eigenvalue weighted by molar-refractivity contribution is 6.36. The van der Waals surface area contributed by atoms with Crippen molar-refractivity contribution in [2.24, 2.45) is 7.05 Å². The van der Waals surface area contributed by atoms with Crippen molar-refractivity contribution in [1.29, 1.82) is 0 Å². The van der Waals surface area contributed by atoms with E-state index in [-0.39, 0.29) is 0 Å². The minimum Gasteiger partial charge on any atom is -0.350 e. The van der Waals surface area contributed by atoms with Crippen molar-refractivity contribution in [3.63, 3.8) is 0 Å². The molecule has 0 aliphatic heterocycles. The zero-order valence-corrected chi connectivity index (χ0v) is 17.6. The molecule has 2 heterocycles. The summed E-state index contributed by atoms with van der Waals surface area (Å²) in [5, 5.41) is 11.1. The van der Waals surface area contributed by atoms with Crippen LogP contribution < -0.4 is 0 Å². The van der Waals surface area contributed by atoms with Crippen LogP contribution in [0.1, 0.15) is 0 Å². The van der Waals surface area contributed by atoms with E-state index in [1.54, 1.807) is 12.1 Å². The molecule has 0 saturated heterocycles. The Labute approximate surface area is 183 Å². The molecule has 0 N–H and O–H groups in total. The van der Waals surface area contributed by atoms with E-state index in [1.165, 1.54) is 0 Å². The number of nitrogens with zero attached hydrogens (tertiary/aromatic N) is 4. The lowest BCUT2D eigenvalue weighted by Crippen LogP contribution is -2.00. The van der Waals surface area contributed by atoms with Crippen LogP contribution in [0.3, 0.4) is 0 Å². The van der Waals surface area contributed by atoms with Gasteiger partial charge in [0.1, 0.15) is 11.4 Å². The van der Waals surface area contributed by atoms with Gasteiger partial charge in [-0.15, -0.1) is 10.2 Å². The Morgan fingerprint density at radius 1 is 0.767 bits per heavy atom.